The van der Waals surface area contributed by atoms with Gasteiger partial charge in [-0.1, -0.05) is 6.92 Å². The Hall–Kier alpha value is -0.570. The fraction of sp³-hybridized carbons (Fsp3) is 0.889. The van der Waals surface area contributed by atoms with Gasteiger partial charge >= 0.3 is 5.97 Å². The van der Waals surface area contributed by atoms with Crippen LogP contribution in [-0.2, 0) is 4.79 Å². The van der Waals surface area contributed by atoms with E-state index in [9.17, 15) is 4.79 Å². The highest BCUT2D eigenvalue weighted by atomic mass is 16.4. The lowest BCUT2D eigenvalue weighted by Gasteiger charge is -2.35. The van der Waals surface area contributed by atoms with Gasteiger partial charge in [0, 0.05) is 0 Å². The fourth-order valence-electron chi connectivity index (χ4n) is 1.83. The molecule has 0 saturated heterocycles. The van der Waals surface area contributed by atoms with Gasteiger partial charge in [-0.15, -0.1) is 0 Å². The van der Waals surface area contributed by atoms with Gasteiger partial charge < -0.3 is 10.4 Å². The summed E-state index contributed by atoms with van der Waals surface area (Å²) in [6.07, 6.45) is 3.57. The van der Waals surface area contributed by atoms with Crippen molar-refractivity contribution in [2.75, 3.05) is 7.05 Å². The second-order valence-electron chi connectivity index (χ2n) is 3.82. The predicted molar refractivity (Wildman–Crippen MR) is 47.1 cm³/mol. The van der Waals surface area contributed by atoms with Crippen molar-refractivity contribution in [3.05, 3.63) is 0 Å². The van der Waals surface area contributed by atoms with Crippen LogP contribution in [0.3, 0.4) is 0 Å². The van der Waals surface area contributed by atoms with Crippen LogP contribution in [0.15, 0.2) is 0 Å². The molecular formula is C9H17NO2. The van der Waals surface area contributed by atoms with Gasteiger partial charge in [0.15, 0.2) is 0 Å². The number of likely N-dealkylation sites (N-methyl/N-ethyl adjacent to an activating group) is 1. The van der Waals surface area contributed by atoms with E-state index in [1.54, 1.807) is 7.05 Å². The Morgan fingerprint density at radius 3 is 2.33 bits per heavy atom. The molecule has 1 aliphatic carbocycles. The van der Waals surface area contributed by atoms with Crippen molar-refractivity contribution in [3.63, 3.8) is 0 Å². The molecule has 0 unspecified atom stereocenters. The third-order valence-electron chi connectivity index (χ3n) is 3.02. The summed E-state index contributed by atoms with van der Waals surface area (Å²) in [6.45, 7) is 2.18. The highest BCUT2D eigenvalue weighted by molar-refractivity contribution is 5.78. The van der Waals surface area contributed by atoms with Crippen LogP contribution in [0.5, 0.6) is 0 Å². The lowest BCUT2D eigenvalue weighted by atomic mass is 9.77. The van der Waals surface area contributed by atoms with Crippen LogP contribution in [0, 0.1) is 5.92 Å². The van der Waals surface area contributed by atoms with Crippen molar-refractivity contribution in [3.8, 4) is 0 Å². The van der Waals surface area contributed by atoms with E-state index in [2.05, 4.69) is 12.2 Å². The maximum Gasteiger partial charge on any atom is 0.323 e. The smallest absolute Gasteiger partial charge is 0.323 e. The monoisotopic (exact) mass is 171 g/mol. The average molecular weight is 171 g/mol. The number of carboxylic acids is 1. The van der Waals surface area contributed by atoms with Crippen molar-refractivity contribution in [1.82, 2.24) is 5.32 Å². The van der Waals surface area contributed by atoms with Crippen LogP contribution in [-0.4, -0.2) is 23.7 Å². The van der Waals surface area contributed by atoms with E-state index in [0.717, 1.165) is 25.7 Å². The summed E-state index contributed by atoms with van der Waals surface area (Å²) in [7, 11) is 1.74. The zero-order valence-corrected chi connectivity index (χ0v) is 7.76. The first-order valence-corrected chi connectivity index (χ1v) is 4.53. The quantitative estimate of drug-likeness (QED) is 0.657. The van der Waals surface area contributed by atoms with Gasteiger partial charge in [-0.25, -0.2) is 0 Å². The normalized spacial score (nSPS) is 36.3. The second-order valence-corrected chi connectivity index (χ2v) is 3.82. The molecule has 0 aliphatic heterocycles. The van der Waals surface area contributed by atoms with Gasteiger partial charge in [-0.05, 0) is 38.6 Å². The highest BCUT2D eigenvalue weighted by Crippen LogP contribution is 2.31. The average Bonchev–Trinajstić information content (AvgIpc) is 2.06. The molecule has 1 fully saturated rings. The van der Waals surface area contributed by atoms with Crippen LogP contribution >= 0.6 is 0 Å². The molecule has 2 N–H and O–H groups in total. The molecule has 1 aliphatic rings. The fourth-order valence-corrected chi connectivity index (χ4v) is 1.83. The molecule has 70 valence electrons. The van der Waals surface area contributed by atoms with Crippen molar-refractivity contribution in [2.24, 2.45) is 5.92 Å². The summed E-state index contributed by atoms with van der Waals surface area (Å²) in [6, 6.07) is 0. The lowest BCUT2D eigenvalue weighted by molar-refractivity contribution is -0.146. The number of carbonyl (C=O) groups is 1. The third kappa shape index (κ3) is 1.61. The van der Waals surface area contributed by atoms with Crippen LogP contribution in [0.4, 0.5) is 0 Å². The van der Waals surface area contributed by atoms with Crippen molar-refractivity contribution in [2.45, 2.75) is 38.1 Å². The van der Waals surface area contributed by atoms with Gasteiger partial charge in [0.25, 0.3) is 0 Å². The van der Waals surface area contributed by atoms with Crippen LogP contribution in [0.25, 0.3) is 0 Å². The maximum atomic E-state index is 11.0. The largest absolute Gasteiger partial charge is 0.480 e. The summed E-state index contributed by atoms with van der Waals surface area (Å²) in [4.78, 5) is 11.0. The summed E-state index contributed by atoms with van der Waals surface area (Å²) in [5.74, 6) is -0.0114. The molecule has 0 aromatic rings. The third-order valence-corrected chi connectivity index (χ3v) is 3.02. The number of aliphatic carboxylic acids is 1. The Morgan fingerprint density at radius 1 is 1.50 bits per heavy atom. The van der Waals surface area contributed by atoms with Crippen LogP contribution in [0.1, 0.15) is 32.6 Å². The predicted octanol–water partition coefficient (Wildman–Crippen LogP) is 1.24. The molecule has 1 saturated carbocycles. The first-order valence-electron chi connectivity index (χ1n) is 4.53. The molecule has 0 bridgehead atoms. The van der Waals surface area contributed by atoms with E-state index in [0.29, 0.717) is 5.92 Å². The van der Waals surface area contributed by atoms with Gasteiger partial charge in [0.1, 0.15) is 5.54 Å². The lowest BCUT2D eigenvalue weighted by Crippen LogP contribution is -2.52. The van der Waals surface area contributed by atoms with E-state index in [1.165, 1.54) is 0 Å². The molecule has 0 aromatic heterocycles. The molecule has 0 heterocycles. The maximum absolute atomic E-state index is 11.0. The minimum atomic E-state index is -0.697. The van der Waals surface area contributed by atoms with E-state index >= 15 is 0 Å². The number of nitrogens with one attached hydrogen (secondary N) is 1. The van der Waals surface area contributed by atoms with Gasteiger partial charge in [0.05, 0.1) is 0 Å². The van der Waals surface area contributed by atoms with E-state index in [4.69, 9.17) is 5.11 Å². The Balaban J connectivity index is 2.63. The van der Waals surface area contributed by atoms with Crippen molar-refractivity contribution < 1.29 is 9.90 Å². The molecule has 0 spiro atoms. The molecular weight excluding hydrogens is 154 g/mol. The first kappa shape index (κ1) is 9.52. The zero-order chi connectivity index (χ0) is 9.19. The highest BCUT2D eigenvalue weighted by Gasteiger charge is 2.39. The standard InChI is InChI=1S/C9H17NO2/c1-7-3-5-9(10-2,6-4-7)8(11)12/h7,10H,3-6H2,1-2H3,(H,11,12). The van der Waals surface area contributed by atoms with E-state index < -0.39 is 11.5 Å². The molecule has 0 aromatic carbocycles. The number of hydrogen-bond donors (Lipinski definition) is 2. The van der Waals surface area contributed by atoms with Crippen molar-refractivity contribution in [1.29, 1.82) is 0 Å². The Bertz CT molecular complexity index is 171. The zero-order valence-electron chi connectivity index (χ0n) is 7.76. The Kier molecular flexibility index (Phi) is 2.73. The minimum absolute atomic E-state index is 0.632. The Labute approximate surface area is 73.2 Å². The number of carboxylic acid groups (broad SMARTS) is 1. The first-order chi connectivity index (χ1) is 5.60. The van der Waals surface area contributed by atoms with Crippen LogP contribution < -0.4 is 5.32 Å². The SMILES string of the molecule is CNC1(C(=O)O)CCC(C)CC1. The summed E-state index contributed by atoms with van der Waals surface area (Å²) >= 11 is 0. The van der Waals surface area contributed by atoms with E-state index in [1.807, 2.05) is 0 Å². The van der Waals surface area contributed by atoms with Gasteiger partial charge in [-0.3, -0.25) is 4.79 Å². The molecule has 0 amide bonds. The van der Waals surface area contributed by atoms with Crippen molar-refractivity contribution >= 4 is 5.97 Å². The summed E-state index contributed by atoms with van der Waals surface area (Å²) in [5, 5.41) is 12.0. The van der Waals surface area contributed by atoms with Crippen LogP contribution in [0.2, 0.25) is 0 Å². The van der Waals surface area contributed by atoms with E-state index in [-0.39, 0.29) is 0 Å². The molecule has 0 radical (unpaired) electrons. The topological polar surface area (TPSA) is 49.3 Å². The molecule has 1 rings (SSSR count). The molecule has 12 heavy (non-hydrogen) atoms. The Morgan fingerprint density at radius 2 is 2.00 bits per heavy atom. The minimum Gasteiger partial charge on any atom is -0.480 e. The second kappa shape index (κ2) is 3.44. The summed E-state index contributed by atoms with van der Waals surface area (Å²) < 4.78 is 0. The molecule has 3 heteroatoms. The number of rotatable bonds is 2. The van der Waals surface area contributed by atoms with Gasteiger partial charge in [0.2, 0.25) is 0 Å². The molecule has 3 nitrogen and oxygen atoms in total. The van der Waals surface area contributed by atoms with Gasteiger partial charge in [-0.2, -0.15) is 0 Å². The molecule has 0 atom stereocenters. The summed E-state index contributed by atoms with van der Waals surface area (Å²) in [5.41, 5.74) is -0.632. The number of hydrogen-bond acceptors (Lipinski definition) is 2.